The molecule has 1 amide bonds. The number of nitrogens with one attached hydrogen (secondary N) is 1. The molecule has 0 radical (unpaired) electrons. The molecule has 2 aliphatic heterocycles. The summed E-state index contributed by atoms with van der Waals surface area (Å²) in [7, 11) is 0. The van der Waals surface area contributed by atoms with E-state index in [0.717, 1.165) is 96.3 Å². The van der Waals surface area contributed by atoms with Crippen LogP contribution < -0.4 is 5.32 Å². The van der Waals surface area contributed by atoms with Crippen molar-refractivity contribution in [2.75, 3.05) is 19.8 Å². The Morgan fingerprint density at radius 3 is 1.20 bits per heavy atom. The first-order valence-corrected chi connectivity index (χ1v) is 35.8. The van der Waals surface area contributed by atoms with Gasteiger partial charge in [-0.15, -0.1) is 0 Å². The van der Waals surface area contributed by atoms with E-state index >= 15 is 0 Å². The van der Waals surface area contributed by atoms with Crippen LogP contribution in [0, 0.1) is 0 Å². The molecule has 88 heavy (non-hydrogen) atoms. The molecule has 0 saturated carbocycles. The van der Waals surface area contributed by atoms with Crippen LogP contribution in [0.5, 0.6) is 0 Å². The highest BCUT2D eigenvalue weighted by Crippen LogP contribution is 2.30. The Morgan fingerprint density at radius 1 is 0.420 bits per heavy atom. The van der Waals surface area contributed by atoms with E-state index in [1.807, 2.05) is 0 Å². The zero-order valence-electron chi connectivity index (χ0n) is 55.4. The second kappa shape index (κ2) is 58.0. The van der Waals surface area contributed by atoms with Crippen molar-refractivity contribution in [3.63, 3.8) is 0 Å². The molecule has 0 aromatic heterocycles. The maximum atomic E-state index is 13.3. The monoisotopic (exact) mass is 1240 g/mol. The van der Waals surface area contributed by atoms with Gasteiger partial charge in [0.25, 0.3) is 0 Å². The zero-order chi connectivity index (χ0) is 63.8. The molecule has 2 fully saturated rings. The normalized spacial score (nSPS) is 23.7. The Morgan fingerprint density at radius 2 is 0.784 bits per heavy atom. The Bertz CT molecular complexity index is 1800. The molecule has 14 heteroatoms. The summed E-state index contributed by atoms with van der Waals surface area (Å²) in [4.78, 5) is 13.3. The summed E-state index contributed by atoms with van der Waals surface area (Å²) in [5, 5.41) is 87.6. The molecule has 14 nitrogen and oxygen atoms in total. The molecule has 0 aliphatic carbocycles. The van der Waals surface area contributed by atoms with Crippen LogP contribution in [0.3, 0.4) is 0 Å². The number of rotatable bonds is 58. The number of ether oxygens (including phenoxy) is 4. The predicted molar refractivity (Wildman–Crippen MR) is 360 cm³/mol. The highest BCUT2D eigenvalue weighted by molar-refractivity contribution is 5.76. The van der Waals surface area contributed by atoms with Gasteiger partial charge < -0.3 is 65.1 Å². The van der Waals surface area contributed by atoms with E-state index < -0.39 is 86.8 Å². The summed E-state index contributed by atoms with van der Waals surface area (Å²) in [6, 6.07) is -0.833. The number of allylic oxidation sites excluding steroid dienone is 14. The summed E-state index contributed by atoms with van der Waals surface area (Å²) in [6.45, 7) is 2.77. The minimum atomic E-state index is -1.78. The molecule has 2 heterocycles. The fourth-order valence-corrected chi connectivity index (χ4v) is 11.5. The van der Waals surface area contributed by atoms with Crippen molar-refractivity contribution in [3.8, 4) is 0 Å². The van der Waals surface area contributed by atoms with Crippen molar-refractivity contribution in [1.82, 2.24) is 5.32 Å². The smallest absolute Gasteiger partial charge is 0.220 e. The van der Waals surface area contributed by atoms with Crippen molar-refractivity contribution in [2.45, 2.75) is 357 Å². The van der Waals surface area contributed by atoms with Crippen molar-refractivity contribution >= 4 is 5.91 Å². The lowest BCUT2D eigenvalue weighted by Crippen LogP contribution is -2.65. The molecule has 0 spiro atoms. The second-order valence-electron chi connectivity index (χ2n) is 25.0. The molecule has 12 atom stereocenters. The number of carbonyl (C=O) groups is 1. The van der Waals surface area contributed by atoms with Gasteiger partial charge in [0.2, 0.25) is 5.91 Å². The summed E-state index contributed by atoms with van der Waals surface area (Å²) in [5.41, 5.74) is 0. The van der Waals surface area contributed by atoms with Gasteiger partial charge in [0.05, 0.1) is 32.0 Å². The first-order chi connectivity index (χ1) is 43.1. The number of carbonyl (C=O) groups excluding carboxylic acids is 1. The van der Waals surface area contributed by atoms with E-state index in [9.17, 15) is 45.6 Å². The SMILES string of the molecule is CC/C=C\C/C=C\C/C=C\C/C=C\C/C=C\C/C=C\C/C=C\CCCCCCCCCCCCCCCCCC(=O)NC(COC1OC(CO)C(OC2OC(CO)C(O)C(O)C2O)C(O)C1O)C(O)CCCCCCCCCCCCCCCCCCC. The Balaban J connectivity index is 1.61. The van der Waals surface area contributed by atoms with Crippen LogP contribution in [0.25, 0.3) is 0 Å². The summed E-state index contributed by atoms with van der Waals surface area (Å²) < 4.78 is 22.9. The number of aliphatic hydroxyl groups excluding tert-OH is 8. The third-order valence-electron chi connectivity index (χ3n) is 17.1. The van der Waals surface area contributed by atoms with Gasteiger partial charge in [0, 0.05) is 6.42 Å². The third-order valence-corrected chi connectivity index (χ3v) is 17.1. The molecule has 9 N–H and O–H groups in total. The first-order valence-electron chi connectivity index (χ1n) is 35.8. The van der Waals surface area contributed by atoms with Crippen molar-refractivity contribution in [1.29, 1.82) is 0 Å². The van der Waals surface area contributed by atoms with Gasteiger partial charge in [-0.25, -0.2) is 0 Å². The molecule has 510 valence electrons. The van der Waals surface area contributed by atoms with E-state index in [1.165, 1.54) is 161 Å². The molecule has 0 aromatic carbocycles. The topological polar surface area (TPSA) is 228 Å². The average molecular weight is 1240 g/mol. The van der Waals surface area contributed by atoms with Gasteiger partial charge in [-0.1, -0.05) is 292 Å². The van der Waals surface area contributed by atoms with Gasteiger partial charge in [0.15, 0.2) is 12.6 Å². The number of aliphatic hydroxyl groups is 8. The highest BCUT2D eigenvalue weighted by Gasteiger charge is 2.51. The van der Waals surface area contributed by atoms with Gasteiger partial charge in [-0.3, -0.25) is 4.79 Å². The van der Waals surface area contributed by atoms with Crippen LogP contribution >= 0.6 is 0 Å². The van der Waals surface area contributed by atoms with Crippen molar-refractivity contribution in [3.05, 3.63) is 85.1 Å². The lowest BCUT2D eigenvalue weighted by Gasteiger charge is -2.46. The van der Waals surface area contributed by atoms with E-state index in [0.29, 0.717) is 12.8 Å². The third kappa shape index (κ3) is 41.6. The molecule has 12 unspecified atom stereocenters. The Hall–Kier alpha value is -2.83. The van der Waals surface area contributed by atoms with Crippen LogP contribution in [-0.2, 0) is 23.7 Å². The molecular formula is C74H131NO13. The number of amides is 1. The first kappa shape index (κ1) is 81.3. The molecule has 0 bridgehead atoms. The summed E-state index contributed by atoms with van der Waals surface area (Å²) >= 11 is 0. The van der Waals surface area contributed by atoms with E-state index in [4.69, 9.17) is 18.9 Å². The summed E-state index contributed by atoms with van der Waals surface area (Å²) in [6.07, 6.45) is 63.1. The second-order valence-corrected chi connectivity index (χ2v) is 25.0. The number of hydrogen-bond acceptors (Lipinski definition) is 13. The minimum Gasteiger partial charge on any atom is -0.394 e. The van der Waals surface area contributed by atoms with Crippen LogP contribution in [0.15, 0.2) is 85.1 Å². The zero-order valence-corrected chi connectivity index (χ0v) is 55.4. The number of unbranched alkanes of at least 4 members (excludes halogenated alkanes) is 31. The van der Waals surface area contributed by atoms with Crippen LogP contribution in [0.4, 0.5) is 0 Å². The standard InChI is InChI=1S/C74H131NO13/c1-3-5-7-9-11-13-15-17-19-21-22-23-24-25-26-27-28-29-30-31-32-33-34-35-36-37-38-39-40-42-44-46-48-50-52-54-56-58-66(79)75-62(63(78)57-55-53-51-49-47-45-43-41-20-18-16-14-12-10-8-6-4-2)61-85-73-71(84)69(82)72(65(60-77)87-73)88-74-70(83)68(81)67(80)64(59-76)86-74/h5,7,11,13,17,19,22-23,25-26,28-29,31-32,62-65,67-74,76-78,80-84H,3-4,6,8-10,12,14-16,18,20-21,24,27,30,33-61H2,1-2H3,(H,75,79)/b7-5-,13-11-,19-17-,23-22-,26-25-,29-28-,32-31-. The van der Waals surface area contributed by atoms with E-state index in [1.54, 1.807) is 0 Å². The summed E-state index contributed by atoms with van der Waals surface area (Å²) in [5.74, 6) is -0.206. The molecular weight excluding hydrogens is 1110 g/mol. The Kier molecular flexibility index (Phi) is 53.6. The molecule has 0 aromatic rings. The molecule has 2 aliphatic rings. The van der Waals surface area contributed by atoms with E-state index in [2.05, 4.69) is 104 Å². The molecule has 2 saturated heterocycles. The fourth-order valence-electron chi connectivity index (χ4n) is 11.5. The highest BCUT2D eigenvalue weighted by atomic mass is 16.7. The van der Waals surface area contributed by atoms with Gasteiger partial charge >= 0.3 is 0 Å². The maximum absolute atomic E-state index is 13.3. The van der Waals surface area contributed by atoms with Gasteiger partial charge in [0.1, 0.15) is 48.8 Å². The molecule has 2 rings (SSSR count). The fraction of sp³-hybridized carbons (Fsp3) is 0.797. The van der Waals surface area contributed by atoms with Gasteiger partial charge in [-0.05, 0) is 70.6 Å². The number of hydrogen-bond donors (Lipinski definition) is 9. The Labute approximate surface area is 535 Å². The van der Waals surface area contributed by atoms with Gasteiger partial charge in [-0.2, -0.15) is 0 Å². The minimum absolute atomic E-state index is 0.206. The lowest BCUT2D eigenvalue weighted by atomic mass is 9.97. The average Bonchev–Trinajstić information content (AvgIpc) is 2.07. The quantitative estimate of drug-likeness (QED) is 0.0204. The van der Waals surface area contributed by atoms with Crippen molar-refractivity contribution in [2.24, 2.45) is 0 Å². The lowest BCUT2D eigenvalue weighted by molar-refractivity contribution is -0.359. The predicted octanol–water partition coefficient (Wildman–Crippen LogP) is 14.8. The maximum Gasteiger partial charge on any atom is 0.220 e. The van der Waals surface area contributed by atoms with Crippen LogP contribution in [0.1, 0.15) is 284 Å². The van der Waals surface area contributed by atoms with E-state index in [-0.39, 0.29) is 12.5 Å². The van der Waals surface area contributed by atoms with Crippen LogP contribution in [0.2, 0.25) is 0 Å². The van der Waals surface area contributed by atoms with Crippen LogP contribution in [-0.4, -0.2) is 140 Å². The van der Waals surface area contributed by atoms with Crippen molar-refractivity contribution < 1.29 is 64.6 Å². The largest absolute Gasteiger partial charge is 0.394 e.